The molecule has 0 aliphatic carbocycles. The van der Waals surface area contributed by atoms with Crippen LogP contribution in [0.5, 0.6) is 0 Å². The van der Waals surface area contributed by atoms with Gasteiger partial charge in [-0.25, -0.2) is 9.80 Å². The summed E-state index contributed by atoms with van der Waals surface area (Å²) in [6, 6.07) is 0.437. The number of carbonyl (C=O) groups is 4. The Bertz CT molecular complexity index is 905. The summed E-state index contributed by atoms with van der Waals surface area (Å²) in [7, 11) is 0. The first-order valence-corrected chi connectivity index (χ1v) is 11.1. The molecule has 0 aromatic carbocycles. The van der Waals surface area contributed by atoms with Gasteiger partial charge < -0.3 is 20.5 Å². The number of nitrogens with one attached hydrogen (secondary N) is 2. The molecule has 5 amide bonds. The maximum Gasteiger partial charge on any atom is 0.321 e. The van der Waals surface area contributed by atoms with E-state index in [-0.39, 0.29) is 36.0 Å². The molecule has 1 aromatic heterocycles. The van der Waals surface area contributed by atoms with E-state index < -0.39 is 17.8 Å². The van der Waals surface area contributed by atoms with Crippen molar-refractivity contribution in [2.24, 2.45) is 5.73 Å². The largest absolute Gasteiger partial charge is 0.381 e. The first-order chi connectivity index (χ1) is 15.9. The number of hydrogen-bond acceptors (Lipinski definition) is 8. The third kappa shape index (κ3) is 5.49. The van der Waals surface area contributed by atoms with E-state index in [1.807, 2.05) is 5.01 Å². The molecule has 4 rings (SSSR count). The van der Waals surface area contributed by atoms with Gasteiger partial charge in [0.05, 0.1) is 19.2 Å². The molecular formula is C20H29N7O6. The van der Waals surface area contributed by atoms with Crippen LogP contribution in [0, 0.1) is 0 Å². The maximum atomic E-state index is 12.6. The number of imide groups is 1. The van der Waals surface area contributed by atoms with E-state index in [2.05, 4.69) is 15.7 Å². The van der Waals surface area contributed by atoms with Crippen molar-refractivity contribution in [3.63, 3.8) is 0 Å². The number of carbonyl (C=O) groups excluding carboxylic acids is 4. The zero-order valence-corrected chi connectivity index (χ0v) is 18.3. The van der Waals surface area contributed by atoms with Crippen LogP contribution >= 0.6 is 0 Å². The second kappa shape index (κ2) is 10.3. The average Bonchev–Trinajstić information content (AvgIpc) is 3.27. The SMILES string of the molecule is NC(=O)c1cc(C(=O)NC(=O)NC2CCN(N3CCOCC3=O)CC2)nn1C1CCOCC1. The Morgan fingerprint density at radius 1 is 1.03 bits per heavy atom. The molecule has 0 unspecified atom stereocenters. The highest BCUT2D eigenvalue weighted by Gasteiger charge is 2.30. The zero-order valence-electron chi connectivity index (χ0n) is 18.3. The molecule has 13 heteroatoms. The van der Waals surface area contributed by atoms with Gasteiger partial charge in [-0.15, -0.1) is 0 Å². The summed E-state index contributed by atoms with van der Waals surface area (Å²) in [4.78, 5) is 48.8. The molecule has 0 saturated carbocycles. The topological polar surface area (TPSA) is 161 Å². The van der Waals surface area contributed by atoms with E-state index in [9.17, 15) is 19.2 Å². The normalized spacial score (nSPS) is 21.1. The summed E-state index contributed by atoms with van der Waals surface area (Å²) in [5.41, 5.74) is 5.53. The summed E-state index contributed by atoms with van der Waals surface area (Å²) >= 11 is 0. The van der Waals surface area contributed by atoms with Crippen LogP contribution in [0.25, 0.3) is 0 Å². The van der Waals surface area contributed by atoms with Crippen molar-refractivity contribution in [1.82, 2.24) is 30.4 Å². The molecule has 33 heavy (non-hydrogen) atoms. The van der Waals surface area contributed by atoms with E-state index in [4.69, 9.17) is 15.2 Å². The maximum absolute atomic E-state index is 12.6. The van der Waals surface area contributed by atoms with Crippen LogP contribution in [0.1, 0.15) is 52.7 Å². The lowest BCUT2D eigenvalue weighted by Gasteiger charge is -2.41. The summed E-state index contributed by atoms with van der Waals surface area (Å²) in [6.07, 6.45) is 2.57. The lowest BCUT2D eigenvalue weighted by atomic mass is 10.1. The number of aromatic nitrogens is 2. The number of urea groups is 1. The predicted octanol–water partition coefficient (Wildman–Crippen LogP) is -0.989. The fourth-order valence-corrected chi connectivity index (χ4v) is 4.35. The van der Waals surface area contributed by atoms with Crippen LogP contribution in [-0.4, -0.2) is 95.7 Å². The third-order valence-corrected chi connectivity index (χ3v) is 6.09. The first kappa shape index (κ1) is 23.1. The first-order valence-electron chi connectivity index (χ1n) is 11.1. The molecule has 3 fully saturated rings. The Kier molecular flexibility index (Phi) is 7.20. The van der Waals surface area contributed by atoms with E-state index >= 15 is 0 Å². The molecule has 3 aliphatic rings. The fourth-order valence-electron chi connectivity index (χ4n) is 4.35. The second-order valence-electron chi connectivity index (χ2n) is 8.29. The number of morpholine rings is 1. The van der Waals surface area contributed by atoms with Gasteiger partial charge in [-0.3, -0.25) is 29.4 Å². The van der Waals surface area contributed by atoms with Gasteiger partial charge in [0.2, 0.25) is 0 Å². The standard InChI is InChI=1S/C20H29N7O6/c21-18(29)16-11-15(24-27(16)14-3-8-32-9-4-14)19(30)23-20(31)22-13-1-5-25(6-2-13)26-7-10-33-12-17(26)28/h11,13-14H,1-10,12H2,(H2,21,29)(H2,22,23,30,31). The van der Waals surface area contributed by atoms with E-state index in [1.165, 1.54) is 10.7 Å². The minimum Gasteiger partial charge on any atom is -0.381 e. The summed E-state index contributed by atoms with van der Waals surface area (Å²) in [5.74, 6) is -1.47. The van der Waals surface area contributed by atoms with Gasteiger partial charge in [0, 0.05) is 38.4 Å². The monoisotopic (exact) mass is 463 g/mol. The smallest absolute Gasteiger partial charge is 0.321 e. The highest BCUT2D eigenvalue weighted by atomic mass is 16.5. The molecule has 13 nitrogen and oxygen atoms in total. The minimum atomic E-state index is -0.711. The number of hydrazine groups is 1. The van der Waals surface area contributed by atoms with Gasteiger partial charge in [-0.2, -0.15) is 5.10 Å². The van der Waals surface area contributed by atoms with Gasteiger partial charge >= 0.3 is 6.03 Å². The van der Waals surface area contributed by atoms with Gasteiger partial charge in [-0.05, 0) is 25.7 Å². The van der Waals surface area contributed by atoms with Crippen molar-refractivity contribution in [3.8, 4) is 0 Å². The van der Waals surface area contributed by atoms with Crippen LogP contribution < -0.4 is 16.4 Å². The van der Waals surface area contributed by atoms with Crippen molar-refractivity contribution in [3.05, 3.63) is 17.5 Å². The Balaban J connectivity index is 1.29. The average molecular weight is 463 g/mol. The summed E-state index contributed by atoms with van der Waals surface area (Å²) in [5, 5.41) is 13.0. The number of nitrogens with two attached hydrogens (primary N) is 1. The Morgan fingerprint density at radius 3 is 2.42 bits per heavy atom. The molecule has 3 aliphatic heterocycles. The molecule has 4 heterocycles. The summed E-state index contributed by atoms with van der Waals surface area (Å²) < 4.78 is 11.9. The van der Waals surface area contributed by atoms with Crippen molar-refractivity contribution in [2.45, 2.75) is 37.8 Å². The minimum absolute atomic E-state index is 0.0499. The predicted molar refractivity (Wildman–Crippen MR) is 113 cm³/mol. The molecule has 4 N–H and O–H groups in total. The van der Waals surface area contributed by atoms with Crippen LogP contribution in [0.2, 0.25) is 0 Å². The third-order valence-electron chi connectivity index (χ3n) is 6.09. The molecule has 0 bridgehead atoms. The van der Waals surface area contributed by atoms with Crippen molar-refractivity contribution in [1.29, 1.82) is 0 Å². The highest BCUT2D eigenvalue weighted by Crippen LogP contribution is 2.22. The van der Waals surface area contributed by atoms with Crippen molar-refractivity contribution >= 4 is 23.8 Å². The fraction of sp³-hybridized carbons (Fsp3) is 0.650. The van der Waals surface area contributed by atoms with Crippen LogP contribution in [0.3, 0.4) is 0 Å². The molecule has 180 valence electrons. The summed E-state index contributed by atoms with van der Waals surface area (Å²) in [6.45, 7) is 3.42. The quantitative estimate of drug-likeness (QED) is 0.502. The number of rotatable bonds is 5. The van der Waals surface area contributed by atoms with Crippen molar-refractivity contribution < 1.29 is 28.7 Å². The Morgan fingerprint density at radius 2 is 1.76 bits per heavy atom. The molecule has 1 aromatic rings. The number of ether oxygens (including phenoxy) is 2. The van der Waals surface area contributed by atoms with Crippen LogP contribution in [-0.2, 0) is 14.3 Å². The lowest BCUT2D eigenvalue weighted by molar-refractivity contribution is -0.167. The number of amides is 5. The van der Waals surface area contributed by atoms with Crippen LogP contribution in [0.4, 0.5) is 4.79 Å². The van der Waals surface area contributed by atoms with E-state index in [0.717, 1.165) is 0 Å². The van der Waals surface area contributed by atoms with E-state index in [1.54, 1.807) is 5.01 Å². The molecule has 0 atom stereocenters. The molecular weight excluding hydrogens is 434 g/mol. The number of primary amides is 1. The number of piperidine rings is 1. The molecule has 3 saturated heterocycles. The number of hydrogen-bond donors (Lipinski definition) is 3. The molecule has 0 spiro atoms. The Hall–Kier alpha value is -3.03. The van der Waals surface area contributed by atoms with Gasteiger partial charge in [0.25, 0.3) is 17.7 Å². The van der Waals surface area contributed by atoms with Gasteiger partial charge in [0.1, 0.15) is 12.3 Å². The van der Waals surface area contributed by atoms with Gasteiger partial charge in [-0.1, -0.05) is 0 Å². The Labute approximate surface area is 190 Å². The second-order valence-corrected chi connectivity index (χ2v) is 8.29. The zero-order chi connectivity index (χ0) is 23.4. The van der Waals surface area contributed by atoms with E-state index in [0.29, 0.717) is 65.1 Å². The van der Waals surface area contributed by atoms with Crippen molar-refractivity contribution in [2.75, 3.05) is 46.1 Å². The van der Waals surface area contributed by atoms with Gasteiger partial charge in [0.15, 0.2) is 5.69 Å². The lowest BCUT2D eigenvalue weighted by Crippen LogP contribution is -2.57. The highest BCUT2D eigenvalue weighted by molar-refractivity contribution is 6.04. The molecule has 0 radical (unpaired) electrons. The number of nitrogens with zero attached hydrogens (tertiary/aromatic N) is 4. The van der Waals surface area contributed by atoms with Crippen LogP contribution in [0.15, 0.2) is 6.07 Å².